The molecule has 2 aromatic rings. The summed E-state index contributed by atoms with van der Waals surface area (Å²) in [6.07, 6.45) is 1.39. The molecule has 1 aromatic heterocycles. The smallest absolute Gasteiger partial charge is 0.341 e. The van der Waals surface area contributed by atoms with E-state index in [-0.39, 0.29) is 27.9 Å². The standard InChI is InChI=1S/C17H18FN3O3S.BrH/c1-19-2-4-20(5-3-19)14-12(18)8-10-13-16(14)25-7-6-21(13)9-11(15(10)22)17(23)24;/h8-9H,2-7H2,1H3,(H,23,24);1H. The normalized spacial score (nSPS) is 17.2. The molecular formula is C17H19BrFN3O3S. The van der Waals surface area contributed by atoms with E-state index in [9.17, 15) is 19.1 Å². The molecule has 0 aliphatic carbocycles. The Balaban J connectivity index is 0.00000196. The number of nitrogens with zero attached hydrogens (tertiary/aromatic N) is 3. The zero-order chi connectivity index (χ0) is 17.7. The molecule has 4 rings (SSSR count). The summed E-state index contributed by atoms with van der Waals surface area (Å²) in [5.41, 5.74) is 0.270. The number of hydrogen-bond donors (Lipinski definition) is 1. The van der Waals surface area contributed by atoms with Crippen LogP contribution in [0.5, 0.6) is 0 Å². The van der Waals surface area contributed by atoms with Crippen molar-refractivity contribution in [3.63, 3.8) is 0 Å². The largest absolute Gasteiger partial charge is 0.477 e. The molecule has 0 atom stereocenters. The SMILES string of the molecule is Br.CN1CCN(c2c(F)cc3c(=O)c(C(=O)O)cn4c3c2SCC4)CC1. The Morgan fingerprint density at radius 3 is 2.58 bits per heavy atom. The lowest BCUT2D eigenvalue weighted by molar-refractivity contribution is 0.0695. The molecule has 0 bridgehead atoms. The molecule has 140 valence electrons. The summed E-state index contributed by atoms with van der Waals surface area (Å²) in [6, 6.07) is 1.21. The summed E-state index contributed by atoms with van der Waals surface area (Å²) in [7, 11) is 2.04. The molecule has 3 heterocycles. The second kappa shape index (κ2) is 7.21. The predicted molar refractivity (Wildman–Crippen MR) is 106 cm³/mol. The fraction of sp³-hybridized carbons (Fsp3) is 0.412. The van der Waals surface area contributed by atoms with Crippen molar-refractivity contribution in [1.82, 2.24) is 9.47 Å². The highest BCUT2D eigenvalue weighted by atomic mass is 79.9. The lowest BCUT2D eigenvalue weighted by Gasteiger charge is -2.36. The number of likely N-dealkylation sites (N-methyl/N-ethyl adjacent to an activating group) is 1. The van der Waals surface area contributed by atoms with Crippen LogP contribution in [0.3, 0.4) is 0 Å². The number of aryl methyl sites for hydroxylation is 1. The zero-order valence-corrected chi connectivity index (χ0v) is 16.7. The number of carboxylic acid groups (broad SMARTS) is 1. The Labute approximate surface area is 164 Å². The topological polar surface area (TPSA) is 65.8 Å². The highest BCUT2D eigenvalue weighted by Gasteiger charge is 2.28. The number of halogens is 2. The van der Waals surface area contributed by atoms with E-state index in [1.54, 1.807) is 4.57 Å². The van der Waals surface area contributed by atoms with Crippen LogP contribution in [0.1, 0.15) is 10.4 Å². The van der Waals surface area contributed by atoms with Gasteiger partial charge in [-0.2, -0.15) is 0 Å². The van der Waals surface area contributed by atoms with Gasteiger partial charge in [0.25, 0.3) is 0 Å². The molecule has 1 saturated heterocycles. The van der Waals surface area contributed by atoms with E-state index in [4.69, 9.17) is 0 Å². The van der Waals surface area contributed by atoms with Gasteiger partial charge in [0.15, 0.2) is 0 Å². The molecule has 1 N–H and O–H groups in total. The van der Waals surface area contributed by atoms with Crippen molar-refractivity contribution in [1.29, 1.82) is 0 Å². The van der Waals surface area contributed by atoms with Crippen LogP contribution in [0.2, 0.25) is 0 Å². The van der Waals surface area contributed by atoms with E-state index < -0.39 is 17.2 Å². The van der Waals surface area contributed by atoms with Crippen molar-refractivity contribution in [3.05, 3.63) is 33.9 Å². The summed E-state index contributed by atoms with van der Waals surface area (Å²) in [6.45, 7) is 3.76. The van der Waals surface area contributed by atoms with Crippen molar-refractivity contribution in [2.45, 2.75) is 11.4 Å². The first-order valence-electron chi connectivity index (χ1n) is 8.16. The third-order valence-electron chi connectivity index (χ3n) is 4.87. The van der Waals surface area contributed by atoms with Crippen LogP contribution in [0, 0.1) is 5.82 Å². The molecule has 0 unspecified atom stereocenters. The Morgan fingerprint density at radius 2 is 1.92 bits per heavy atom. The molecule has 2 aliphatic heterocycles. The Bertz CT molecular complexity index is 941. The summed E-state index contributed by atoms with van der Waals surface area (Å²) in [4.78, 5) is 28.8. The van der Waals surface area contributed by atoms with Gasteiger partial charge in [0.05, 0.1) is 21.5 Å². The second-order valence-corrected chi connectivity index (χ2v) is 7.55. The van der Waals surface area contributed by atoms with Gasteiger partial charge in [-0.15, -0.1) is 28.7 Å². The fourth-order valence-electron chi connectivity index (χ4n) is 3.52. The van der Waals surface area contributed by atoms with Crippen molar-refractivity contribution in [2.75, 3.05) is 43.9 Å². The number of aromatic carboxylic acids is 1. The number of anilines is 1. The van der Waals surface area contributed by atoms with Gasteiger partial charge >= 0.3 is 5.97 Å². The molecule has 26 heavy (non-hydrogen) atoms. The summed E-state index contributed by atoms with van der Waals surface area (Å²) in [5, 5.41) is 9.41. The minimum Gasteiger partial charge on any atom is -0.477 e. The predicted octanol–water partition coefficient (Wildman–Crippen LogP) is 2.27. The van der Waals surface area contributed by atoms with E-state index in [0.717, 1.165) is 31.1 Å². The van der Waals surface area contributed by atoms with Crippen molar-refractivity contribution in [2.24, 2.45) is 0 Å². The van der Waals surface area contributed by atoms with E-state index in [0.29, 0.717) is 23.5 Å². The minimum absolute atomic E-state index is 0. The minimum atomic E-state index is -1.28. The van der Waals surface area contributed by atoms with Gasteiger partial charge in [0, 0.05) is 44.7 Å². The van der Waals surface area contributed by atoms with Crippen molar-refractivity contribution < 1.29 is 14.3 Å². The van der Waals surface area contributed by atoms with Crippen LogP contribution in [-0.2, 0) is 6.54 Å². The Hall–Kier alpha value is -1.58. The monoisotopic (exact) mass is 443 g/mol. The highest BCUT2D eigenvalue weighted by Crippen LogP contribution is 2.41. The quantitative estimate of drug-likeness (QED) is 0.767. The first kappa shape index (κ1) is 19.2. The van der Waals surface area contributed by atoms with Gasteiger partial charge < -0.3 is 19.5 Å². The fourth-order valence-corrected chi connectivity index (χ4v) is 4.74. The Morgan fingerprint density at radius 1 is 1.23 bits per heavy atom. The molecule has 0 amide bonds. The average Bonchev–Trinajstić information content (AvgIpc) is 2.58. The summed E-state index contributed by atoms with van der Waals surface area (Å²) in [5.74, 6) is -1.01. The van der Waals surface area contributed by atoms with Crippen molar-refractivity contribution >= 4 is 51.3 Å². The zero-order valence-electron chi connectivity index (χ0n) is 14.2. The number of hydrogen-bond acceptors (Lipinski definition) is 5. The number of carbonyl (C=O) groups is 1. The maximum absolute atomic E-state index is 15.0. The molecule has 0 radical (unpaired) electrons. The number of pyridine rings is 1. The van der Waals surface area contributed by atoms with E-state index in [2.05, 4.69) is 4.90 Å². The maximum Gasteiger partial charge on any atom is 0.341 e. The van der Waals surface area contributed by atoms with E-state index in [1.807, 2.05) is 11.9 Å². The van der Waals surface area contributed by atoms with Crippen LogP contribution >= 0.6 is 28.7 Å². The molecule has 9 heteroatoms. The molecule has 0 spiro atoms. The molecule has 1 aromatic carbocycles. The first-order chi connectivity index (χ1) is 12.0. The number of carboxylic acids is 1. The molecule has 1 fully saturated rings. The molecule has 2 aliphatic rings. The third-order valence-corrected chi connectivity index (χ3v) is 5.93. The van der Waals surface area contributed by atoms with Gasteiger partial charge in [-0.05, 0) is 13.1 Å². The number of rotatable bonds is 2. The van der Waals surface area contributed by atoms with Crippen LogP contribution in [0.4, 0.5) is 10.1 Å². The highest BCUT2D eigenvalue weighted by molar-refractivity contribution is 8.93. The van der Waals surface area contributed by atoms with Gasteiger partial charge in [0.2, 0.25) is 5.43 Å². The number of piperazine rings is 1. The van der Waals surface area contributed by atoms with Crippen LogP contribution in [0.15, 0.2) is 22.0 Å². The van der Waals surface area contributed by atoms with Crippen LogP contribution in [0.25, 0.3) is 10.9 Å². The maximum atomic E-state index is 15.0. The average molecular weight is 444 g/mol. The second-order valence-electron chi connectivity index (χ2n) is 6.44. The van der Waals surface area contributed by atoms with E-state index in [1.165, 1.54) is 24.0 Å². The summed E-state index contributed by atoms with van der Waals surface area (Å²) < 4.78 is 16.7. The first-order valence-corrected chi connectivity index (χ1v) is 9.15. The van der Waals surface area contributed by atoms with Gasteiger partial charge in [-0.1, -0.05) is 0 Å². The lowest BCUT2D eigenvalue weighted by atomic mass is 10.1. The van der Waals surface area contributed by atoms with Gasteiger partial charge in [0.1, 0.15) is 11.4 Å². The molecular weight excluding hydrogens is 425 g/mol. The molecule has 0 saturated carbocycles. The molecule has 6 nitrogen and oxygen atoms in total. The summed E-state index contributed by atoms with van der Waals surface area (Å²) >= 11 is 1.54. The van der Waals surface area contributed by atoms with E-state index >= 15 is 0 Å². The number of benzene rings is 1. The number of aromatic nitrogens is 1. The van der Waals surface area contributed by atoms with Gasteiger partial charge in [-0.3, -0.25) is 4.79 Å². The van der Waals surface area contributed by atoms with Crippen LogP contribution in [-0.4, -0.2) is 59.5 Å². The third kappa shape index (κ3) is 3.01. The van der Waals surface area contributed by atoms with Crippen molar-refractivity contribution in [3.8, 4) is 0 Å². The van der Waals surface area contributed by atoms with Gasteiger partial charge in [-0.25, -0.2) is 9.18 Å². The van der Waals surface area contributed by atoms with Crippen LogP contribution < -0.4 is 10.3 Å². The lowest BCUT2D eigenvalue weighted by Crippen LogP contribution is -2.45. The number of thioether (sulfide) groups is 1. The Kier molecular flexibility index (Phi) is 5.32.